The normalized spacial score (nSPS) is 29.3. The van der Waals surface area contributed by atoms with Gasteiger partial charge in [0.2, 0.25) is 5.91 Å². The number of nitrogens with two attached hydrogens (primary N) is 1. The first kappa shape index (κ1) is 14.8. The minimum absolute atomic E-state index is 0.122. The average molecular weight is 269 g/mol. The number of carbonyl (C=O) groups is 1. The van der Waals surface area contributed by atoms with Gasteiger partial charge in [0, 0.05) is 38.9 Å². The summed E-state index contributed by atoms with van der Waals surface area (Å²) in [5.41, 5.74) is 6.01. The third-order valence-corrected chi connectivity index (χ3v) is 4.64. The Bertz CT molecular complexity index is 311. The van der Waals surface area contributed by atoms with Crippen molar-refractivity contribution >= 4 is 5.91 Å². The van der Waals surface area contributed by atoms with Gasteiger partial charge in [0.05, 0.1) is 6.04 Å². The molecule has 2 aliphatic rings. The van der Waals surface area contributed by atoms with Crippen LogP contribution in [0.2, 0.25) is 0 Å². The van der Waals surface area contributed by atoms with Crippen LogP contribution in [0.25, 0.3) is 0 Å². The predicted molar refractivity (Wildman–Crippen MR) is 74.9 cm³/mol. The Labute approximate surface area is 116 Å². The minimum Gasteiger partial charge on any atom is -0.385 e. The molecule has 110 valence electrons. The molecule has 0 radical (unpaired) electrons. The van der Waals surface area contributed by atoms with Crippen molar-refractivity contribution in [2.75, 3.05) is 33.9 Å². The second-order valence-corrected chi connectivity index (χ2v) is 5.86. The van der Waals surface area contributed by atoms with Gasteiger partial charge in [-0.25, -0.2) is 0 Å². The maximum absolute atomic E-state index is 12.4. The Kier molecular flexibility index (Phi) is 5.19. The van der Waals surface area contributed by atoms with E-state index in [1.165, 1.54) is 12.8 Å². The summed E-state index contributed by atoms with van der Waals surface area (Å²) in [4.78, 5) is 16.8. The van der Waals surface area contributed by atoms with E-state index in [0.29, 0.717) is 25.1 Å². The van der Waals surface area contributed by atoms with Crippen molar-refractivity contribution in [1.29, 1.82) is 0 Å². The molecule has 0 aliphatic carbocycles. The van der Waals surface area contributed by atoms with Gasteiger partial charge >= 0.3 is 0 Å². The molecule has 3 atom stereocenters. The first-order valence-corrected chi connectivity index (χ1v) is 7.38. The van der Waals surface area contributed by atoms with E-state index in [0.717, 1.165) is 25.9 Å². The van der Waals surface area contributed by atoms with Crippen LogP contribution in [0.15, 0.2) is 0 Å². The second-order valence-electron chi connectivity index (χ2n) is 5.86. The van der Waals surface area contributed by atoms with Gasteiger partial charge in [0.15, 0.2) is 0 Å². The Morgan fingerprint density at radius 3 is 2.84 bits per heavy atom. The lowest BCUT2D eigenvalue weighted by Gasteiger charge is -2.28. The lowest BCUT2D eigenvalue weighted by atomic mass is 10.1. The molecule has 2 heterocycles. The molecule has 2 fully saturated rings. The van der Waals surface area contributed by atoms with Crippen LogP contribution in [0.5, 0.6) is 0 Å². The number of likely N-dealkylation sites (N-methyl/N-ethyl adjacent to an activating group) is 1. The summed E-state index contributed by atoms with van der Waals surface area (Å²) in [6.45, 7) is 2.39. The van der Waals surface area contributed by atoms with E-state index in [2.05, 4.69) is 11.9 Å². The number of fused-ring (bicyclic) bond motifs is 2. The standard InChI is InChI=1S/C14H27N3O2/c1-16-11-5-6-12(16)10-17(8-7-11)14(18)13(15)4-3-9-19-2/h11-13H,3-10,15H2,1-2H3. The van der Waals surface area contributed by atoms with Crippen LogP contribution >= 0.6 is 0 Å². The van der Waals surface area contributed by atoms with Gasteiger partial charge in [-0.05, 0) is 39.2 Å². The van der Waals surface area contributed by atoms with Crippen LogP contribution < -0.4 is 5.73 Å². The molecule has 5 nitrogen and oxygen atoms in total. The molecule has 19 heavy (non-hydrogen) atoms. The van der Waals surface area contributed by atoms with Gasteiger partial charge in [-0.1, -0.05) is 0 Å². The molecule has 2 saturated heterocycles. The SMILES string of the molecule is COCCCC(N)C(=O)N1CCC2CCC(C1)N2C. The maximum Gasteiger partial charge on any atom is 0.239 e. The molecule has 0 aromatic rings. The number of hydrogen-bond donors (Lipinski definition) is 1. The van der Waals surface area contributed by atoms with Gasteiger partial charge in [-0.15, -0.1) is 0 Å². The second kappa shape index (κ2) is 6.68. The number of nitrogens with zero attached hydrogens (tertiary/aromatic N) is 2. The monoisotopic (exact) mass is 269 g/mol. The lowest BCUT2D eigenvalue weighted by molar-refractivity contribution is -0.133. The number of ether oxygens (including phenoxy) is 1. The van der Waals surface area contributed by atoms with E-state index < -0.39 is 0 Å². The third-order valence-electron chi connectivity index (χ3n) is 4.64. The molecule has 1 amide bonds. The van der Waals surface area contributed by atoms with Crippen LogP contribution in [-0.4, -0.2) is 67.7 Å². The topological polar surface area (TPSA) is 58.8 Å². The van der Waals surface area contributed by atoms with E-state index in [1.54, 1.807) is 7.11 Å². The summed E-state index contributed by atoms with van der Waals surface area (Å²) < 4.78 is 5.00. The van der Waals surface area contributed by atoms with Gasteiger partial charge in [0.25, 0.3) is 0 Å². The largest absolute Gasteiger partial charge is 0.385 e. The molecule has 0 saturated carbocycles. The van der Waals surface area contributed by atoms with Gasteiger partial charge in [-0.3, -0.25) is 9.69 Å². The minimum atomic E-state index is -0.364. The quantitative estimate of drug-likeness (QED) is 0.736. The first-order chi connectivity index (χ1) is 9.13. The summed E-state index contributed by atoms with van der Waals surface area (Å²) in [6, 6.07) is 0.826. The van der Waals surface area contributed by atoms with E-state index in [1.807, 2.05) is 4.90 Å². The Hall–Kier alpha value is -0.650. The van der Waals surface area contributed by atoms with Crippen LogP contribution in [0, 0.1) is 0 Å². The van der Waals surface area contributed by atoms with Crippen molar-refractivity contribution < 1.29 is 9.53 Å². The molecule has 5 heteroatoms. The van der Waals surface area contributed by atoms with E-state index in [4.69, 9.17) is 10.5 Å². The van der Waals surface area contributed by atoms with E-state index >= 15 is 0 Å². The molecule has 2 N–H and O–H groups in total. The molecule has 0 spiro atoms. The van der Waals surface area contributed by atoms with Gasteiger partial charge in [-0.2, -0.15) is 0 Å². The summed E-state index contributed by atoms with van der Waals surface area (Å²) in [7, 11) is 3.86. The summed E-state index contributed by atoms with van der Waals surface area (Å²) in [5.74, 6) is 0.122. The molecule has 2 aliphatic heterocycles. The van der Waals surface area contributed by atoms with Crippen LogP contribution in [0.4, 0.5) is 0 Å². The lowest BCUT2D eigenvalue weighted by Crippen LogP contribution is -2.47. The summed E-state index contributed by atoms with van der Waals surface area (Å²) in [6.07, 6.45) is 5.15. The zero-order valence-electron chi connectivity index (χ0n) is 12.2. The Morgan fingerprint density at radius 1 is 1.37 bits per heavy atom. The van der Waals surface area contributed by atoms with Crippen molar-refractivity contribution in [1.82, 2.24) is 9.80 Å². The smallest absolute Gasteiger partial charge is 0.239 e. The average Bonchev–Trinajstić information content (AvgIpc) is 2.63. The summed E-state index contributed by atoms with van der Waals surface area (Å²) >= 11 is 0. The molecule has 2 rings (SSSR count). The van der Waals surface area contributed by atoms with Crippen LogP contribution in [0.3, 0.4) is 0 Å². The van der Waals surface area contributed by atoms with E-state index in [9.17, 15) is 4.79 Å². The zero-order chi connectivity index (χ0) is 13.8. The predicted octanol–water partition coefficient (Wildman–Crippen LogP) is 0.435. The highest BCUT2D eigenvalue weighted by Crippen LogP contribution is 2.28. The van der Waals surface area contributed by atoms with Gasteiger partial charge in [0.1, 0.15) is 0 Å². The summed E-state index contributed by atoms with van der Waals surface area (Å²) in [5, 5.41) is 0. The number of methoxy groups -OCH3 is 1. The first-order valence-electron chi connectivity index (χ1n) is 7.38. The fourth-order valence-corrected chi connectivity index (χ4v) is 3.31. The highest BCUT2D eigenvalue weighted by atomic mass is 16.5. The number of rotatable bonds is 5. The number of hydrogen-bond acceptors (Lipinski definition) is 4. The highest BCUT2D eigenvalue weighted by molar-refractivity contribution is 5.81. The fraction of sp³-hybridized carbons (Fsp3) is 0.929. The number of likely N-dealkylation sites (tertiary alicyclic amines) is 1. The molecule has 0 aromatic carbocycles. The third kappa shape index (κ3) is 3.46. The van der Waals surface area contributed by atoms with Crippen molar-refractivity contribution in [3.63, 3.8) is 0 Å². The number of carbonyl (C=O) groups excluding carboxylic acids is 1. The molecule has 0 aromatic heterocycles. The molecule has 2 bridgehead atoms. The van der Waals surface area contributed by atoms with Crippen molar-refractivity contribution in [2.45, 2.75) is 50.2 Å². The van der Waals surface area contributed by atoms with Crippen LogP contribution in [0.1, 0.15) is 32.1 Å². The molecular weight excluding hydrogens is 242 g/mol. The molecular formula is C14H27N3O2. The fourth-order valence-electron chi connectivity index (χ4n) is 3.31. The Balaban J connectivity index is 1.85. The van der Waals surface area contributed by atoms with Crippen molar-refractivity contribution in [3.05, 3.63) is 0 Å². The Morgan fingerprint density at radius 2 is 2.11 bits per heavy atom. The highest BCUT2D eigenvalue weighted by Gasteiger charge is 2.36. The maximum atomic E-state index is 12.4. The van der Waals surface area contributed by atoms with Crippen LogP contribution in [-0.2, 0) is 9.53 Å². The zero-order valence-corrected chi connectivity index (χ0v) is 12.2. The van der Waals surface area contributed by atoms with Gasteiger partial charge < -0.3 is 15.4 Å². The van der Waals surface area contributed by atoms with Crippen molar-refractivity contribution in [2.24, 2.45) is 5.73 Å². The van der Waals surface area contributed by atoms with Crippen molar-refractivity contribution in [3.8, 4) is 0 Å². The number of amides is 1. The molecule has 3 unspecified atom stereocenters. The van der Waals surface area contributed by atoms with E-state index in [-0.39, 0.29) is 11.9 Å².